The van der Waals surface area contributed by atoms with Gasteiger partial charge in [0, 0.05) is 48.0 Å². The lowest BCUT2D eigenvalue weighted by atomic mass is 10.1. The van der Waals surface area contributed by atoms with Crippen LogP contribution in [0.25, 0.3) is 11.3 Å². The van der Waals surface area contributed by atoms with Crippen molar-refractivity contribution < 1.29 is 9.53 Å². The maximum atomic E-state index is 12.5. The second-order valence-electron chi connectivity index (χ2n) is 6.24. The first-order valence-corrected chi connectivity index (χ1v) is 9.68. The van der Waals surface area contributed by atoms with Crippen molar-refractivity contribution in [2.75, 3.05) is 31.6 Å². The fourth-order valence-corrected chi connectivity index (χ4v) is 3.99. The number of carbonyl (C=O) groups is 1. The summed E-state index contributed by atoms with van der Waals surface area (Å²) in [7, 11) is 0. The number of nitrogens with one attached hydrogen (secondary N) is 1. The quantitative estimate of drug-likeness (QED) is 0.736. The largest absolute Gasteiger partial charge is 0.379 e. The number of benzene rings is 1. The molecule has 0 spiro atoms. The predicted molar refractivity (Wildman–Crippen MR) is 106 cm³/mol. The molecule has 3 aromatic rings. The lowest BCUT2D eigenvalue weighted by Gasteiger charge is -2.26. The fraction of sp³-hybridized carbons (Fsp3) is 0.250. The van der Waals surface area contributed by atoms with Gasteiger partial charge in [-0.25, -0.2) is 4.98 Å². The third-order valence-corrected chi connectivity index (χ3v) is 5.33. The fourth-order valence-electron chi connectivity index (χ4n) is 2.97. The van der Waals surface area contributed by atoms with Crippen molar-refractivity contribution in [2.24, 2.45) is 0 Å². The summed E-state index contributed by atoms with van der Waals surface area (Å²) in [5.74, 6) is -0.177. The summed E-state index contributed by atoms with van der Waals surface area (Å²) in [4.78, 5) is 24.6. The zero-order valence-electron chi connectivity index (χ0n) is 14.8. The van der Waals surface area contributed by atoms with Crippen molar-refractivity contribution in [2.45, 2.75) is 6.54 Å². The number of morpholine rings is 1. The molecule has 1 amide bonds. The van der Waals surface area contributed by atoms with E-state index in [0.717, 1.165) is 49.0 Å². The number of carbonyl (C=O) groups excluding carboxylic acids is 1. The second-order valence-corrected chi connectivity index (χ2v) is 7.32. The van der Waals surface area contributed by atoms with Crippen LogP contribution < -0.4 is 5.32 Å². The molecule has 0 aliphatic carbocycles. The van der Waals surface area contributed by atoms with E-state index in [4.69, 9.17) is 9.72 Å². The summed E-state index contributed by atoms with van der Waals surface area (Å²) >= 11 is 1.53. The van der Waals surface area contributed by atoms with Gasteiger partial charge < -0.3 is 4.74 Å². The molecule has 1 N–H and O–H groups in total. The number of thiazole rings is 1. The molecule has 1 saturated heterocycles. The van der Waals surface area contributed by atoms with E-state index < -0.39 is 0 Å². The lowest BCUT2D eigenvalue weighted by Crippen LogP contribution is -2.35. The van der Waals surface area contributed by atoms with Crippen molar-refractivity contribution >= 4 is 22.4 Å². The van der Waals surface area contributed by atoms with Crippen LogP contribution in [0, 0.1) is 0 Å². The highest BCUT2D eigenvalue weighted by Gasteiger charge is 2.19. The van der Waals surface area contributed by atoms with E-state index in [1.165, 1.54) is 11.3 Å². The normalized spacial score (nSPS) is 14.8. The highest BCUT2D eigenvalue weighted by molar-refractivity contribution is 7.16. The van der Waals surface area contributed by atoms with Crippen molar-refractivity contribution in [1.29, 1.82) is 0 Å². The molecule has 0 saturated carbocycles. The molecule has 7 heteroatoms. The van der Waals surface area contributed by atoms with Crippen LogP contribution in [0.2, 0.25) is 0 Å². The Balaban J connectivity index is 1.60. The highest BCUT2D eigenvalue weighted by atomic mass is 32.1. The van der Waals surface area contributed by atoms with Crippen molar-refractivity contribution in [3.05, 3.63) is 65.3 Å². The van der Waals surface area contributed by atoms with Gasteiger partial charge in [-0.2, -0.15) is 0 Å². The number of hydrogen-bond donors (Lipinski definition) is 1. The number of hydrogen-bond acceptors (Lipinski definition) is 6. The van der Waals surface area contributed by atoms with Crippen LogP contribution in [-0.2, 0) is 11.3 Å². The lowest BCUT2D eigenvalue weighted by molar-refractivity contribution is 0.0347. The third kappa shape index (κ3) is 4.39. The number of aromatic nitrogens is 2. The van der Waals surface area contributed by atoms with E-state index >= 15 is 0 Å². The minimum absolute atomic E-state index is 0.177. The Morgan fingerprint density at radius 3 is 2.59 bits per heavy atom. The molecular formula is C20H20N4O2S. The first kappa shape index (κ1) is 17.8. The molecular weight excluding hydrogens is 360 g/mol. The summed E-state index contributed by atoms with van der Waals surface area (Å²) in [6, 6.07) is 13.5. The molecule has 0 bridgehead atoms. The molecule has 1 fully saturated rings. The van der Waals surface area contributed by atoms with Crippen LogP contribution in [-0.4, -0.2) is 47.1 Å². The minimum Gasteiger partial charge on any atom is -0.379 e. The van der Waals surface area contributed by atoms with Gasteiger partial charge in [0.05, 0.1) is 18.9 Å². The molecule has 0 radical (unpaired) electrons. The van der Waals surface area contributed by atoms with Crippen molar-refractivity contribution in [3.63, 3.8) is 0 Å². The van der Waals surface area contributed by atoms with Gasteiger partial charge in [0.25, 0.3) is 5.91 Å². The van der Waals surface area contributed by atoms with Gasteiger partial charge in [-0.3, -0.25) is 20.0 Å². The van der Waals surface area contributed by atoms with Gasteiger partial charge in [-0.15, -0.1) is 0 Å². The molecule has 0 atom stereocenters. The van der Waals surface area contributed by atoms with E-state index in [0.29, 0.717) is 10.7 Å². The van der Waals surface area contributed by atoms with Gasteiger partial charge in [0.1, 0.15) is 0 Å². The van der Waals surface area contributed by atoms with Gasteiger partial charge in [-0.05, 0) is 12.1 Å². The predicted octanol–water partition coefficient (Wildman–Crippen LogP) is 3.29. The first-order valence-electron chi connectivity index (χ1n) is 8.86. The van der Waals surface area contributed by atoms with E-state index in [1.807, 2.05) is 30.3 Å². The zero-order chi connectivity index (χ0) is 18.5. The summed E-state index contributed by atoms with van der Waals surface area (Å²) in [6.45, 7) is 4.13. The SMILES string of the molecule is O=C(Nc1nc(-c2ccccc2)c(CN2CCOCC2)s1)c1ccncc1. The van der Waals surface area contributed by atoms with E-state index in [9.17, 15) is 4.79 Å². The van der Waals surface area contributed by atoms with Crippen LogP contribution >= 0.6 is 11.3 Å². The molecule has 1 aromatic carbocycles. The molecule has 138 valence electrons. The summed E-state index contributed by atoms with van der Waals surface area (Å²) < 4.78 is 5.44. The van der Waals surface area contributed by atoms with Crippen LogP contribution in [0.3, 0.4) is 0 Å². The van der Waals surface area contributed by atoms with Crippen LogP contribution in [0.15, 0.2) is 54.9 Å². The Morgan fingerprint density at radius 1 is 1.11 bits per heavy atom. The van der Waals surface area contributed by atoms with Crippen LogP contribution in [0.5, 0.6) is 0 Å². The molecule has 2 aromatic heterocycles. The minimum atomic E-state index is -0.177. The molecule has 27 heavy (non-hydrogen) atoms. The number of rotatable bonds is 5. The molecule has 1 aliphatic heterocycles. The first-order chi connectivity index (χ1) is 13.3. The Hall–Kier alpha value is -2.61. The van der Waals surface area contributed by atoms with Gasteiger partial charge in [0.15, 0.2) is 5.13 Å². The van der Waals surface area contributed by atoms with Crippen LogP contribution in [0.1, 0.15) is 15.2 Å². The number of nitrogens with zero attached hydrogens (tertiary/aromatic N) is 3. The summed E-state index contributed by atoms with van der Waals surface area (Å²) in [6.07, 6.45) is 3.21. The number of pyridine rings is 1. The van der Waals surface area contributed by atoms with Crippen LogP contribution in [0.4, 0.5) is 5.13 Å². The molecule has 3 heterocycles. The second kappa shape index (κ2) is 8.39. The zero-order valence-corrected chi connectivity index (χ0v) is 15.6. The Bertz CT molecular complexity index is 893. The molecule has 6 nitrogen and oxygen atoms in total. The van der Waals surface area contributed by atoms with Crippen molar-refractivity contribution in [1.82, 2.24) is 14.9 Å². The monoisotopic (exact) mass is 380 g/mol. The Kier molecular flexibility index (Phi) is 5.53. The highest BCUT2D eigenvalue weighted by Crippen LogP contribution is 2.32. The topological polar surface area (TPSA) is 67.4 Å². The average molecular weight is 380 g/mol. The summed E-state index contributed by atoms with van der Waals surface area (Å²) in [5, 5.41) is 3.53. The van der Waals surface area contributed by atoms with Gasteiger partial charge in [-0.1, -0.05) is 41.7 Å². The maximum Gasteiger partial charge on any atom is 0.257 e. The third-order valence-electron chi connectivity index (χ3n) is 4.38. The molecule has 0 unspecified atom stereocenters. The number of amides is 1. The summed E-state index contributed by atoms with van der Waals surface area (Å²) in [5.41, 5.74) is 2.55. The average Bonchev–Trinajstić information content (AvgIpc) is 3.12. The smallest absolute Gasteiger partial charge is 0.257 e. The number of ether oxygens (including phenoxy) is 1. The van der Waals surface area contributed by atoms with Gasteiger partial charge in [0.2, 0.25) is 0 Å². The van der Waals surface area contributed by atoms with Gasteiger partial charge >= 0.3 is 0 Å². The Morgan fingerprint density at radius 2 is 1.85 bits per heavy atom. The van der Waals surface area contributed by atoms with E-state index in [-0.39, 0.29) is 5.91 Å². The van der Waals surface area contributed by atoms with E-state index in [2.05, 4.69) is 15.2 Å². The molecule has 1 aliphatic rings. The van der Waals surface area contributed by atoms with Crippen molar-refractivity contribution in [3.8, 4) is 11.3 Å². The number of anilines is 1. The molecule has 4 rings (SSSR count). The Labute approximate surface area is 161 Å². The maximum absolute atomic E-state index is 12.5. The van der Waals surface area contributed by atoms with E-state index in [1.54, 1.807) is 24.5 Å². The standard InChI is InChI=1S/C20H20N4O2S/c25-19(16-6-8-21-9-7-16)23-20-22-18(15-4-2-1-3-5-15)17(27-20)14-24-10-12-26-13-11-24/h1-9H,10-14H2,(H,22,23,25).